The molecule has 3 saturated carbocycles. The zero-order valence-corrected chi connectivity index (χ0v) is 36.7. The smallest absolute Gasteiger partial charge is 0.0998 e. The topological polar surface area (TPSA) is 24.1 Å². The second kappa shape index (κ2) is 16.7. The van der Waals surface area contributed by atoms with E-state index in [0.717, 1.165) is 18.1 Å². The first kappa shape index (κ1) is 40.2. The van der Waals surface area contributed by atoms with Crippen LogP contribution in [0.5, 0.6) is 0 Å². The molecule has 7 rings (SSSR count). The zero-order valence-electron chi connectivity index (χ0n) is 32.5. The molecular formula is C46H61Cl2N2PRu. The summed E-state index contributed by atoms with van der Waals surface area (Å²) in [6.45, 7) is 14.0. The van der Waals surface area contributed by atoms with Crippen molar-refractivity contribution in [3.8, 4) is 0 Å². The maximum atomic E-state index is 7.35. The molecule has 1 heterocycles. The van der Waals surface area contributed by atoms with Gasteiger partial charge in [-0.1, -0.05) is 128 Å². The van der Waals surface area contributed by atoms with E-state index in [1.807, 2.05) is 6.07 Å². The van der Waals surface area contributed by atoms with Gasteiger partial charge in [0.15, 0.2) is 0 Å². The van der Waals surface area contributed by atoms with Crippen LogP contribution in [-0.2, 0) is 24.6 Å². The van der Waals surface area contributed by atoms with E-state index in [2.05, 4.69) is 94.4 Å². The quantitative estimate of drug-likeness (QED) is 0.191. The van der Waals surface area contributed by atoms with Crippen LogP contribution in [0.1, 0.15) is 139 Å². The van der Waals surface area contributed by atoms with Crippen LogP contribution in [0.15, 0.2) is 53.9 Å². The van der Waals surface area contributed by atoms with Gasteiger partial charge in [0.1, 0.15) is 0 Å². The van der Waals surface area contributed by atoms with Crippen LogP contribution >= 0.6 is 30.1 Å². The molecule has 4 aliphatic rings. The summed E-state index contributed by atoms with van der Waals surface area (Å²) in [5, 5.41) is 9.36. The Hall–Kier alpha value is -1.50. The maximum Gasteiger partial charge on any atom is 0.0998 e. The van der Waals surface area contributed by atoms with Crippen molar-refractivity contribution >= 4 is 35.9 Å². The van der Waals surface area contributed by atoms with Gasteiger partial charge in [-0.25, -0.2) is 0 Å². The minimum atomic E-state index is -2.13. The molecule has 0 bridgehead atoms. The minimum absolute atomic E-state index is 0. The van der Waals surface area contributed by atoms with E-state index < -0.39 is 6.89 Å². The largest absolute Gasteiger partial charge is 0.370 e. The van der Waals surface area contributed by atoms with E-state index in [4.69, 9.17) is 23.2 Å². The van der Waals surface area contributed by atoms with Gasteiger partial charge in [-0.2, -0.15) is 0 Å². The average Bonchev–Trinajstić information content (AvgIpc) is 3.63. The second-order valence-electron chi connectivity index (χ2n) is 16.7. The van der Waals surface area contributed by atoms with E-state index in [1.165, 1.54) is 128 Å². The molecule has 1 aliphatic heterocycles. The third-order valence-electron chi connectivity index (χ3n) is 13.4. The summed E-state index contributed by atoms with van der Waals surface area (Å²) in [5.41, 5.74) is 15.9. The Balaban J connectivity index is 0.00000464. The molecule has 2 unspecified atom stereocenters. The Kier molecular flexibility index (Phi) is 12.9. The van der Waals surface area contributed by atoms with Crippen molar-refractivity contribution in [2.75, 3.05) is 13.1 Å². The van der Waals surface area contributed by atoms with Gasteiger partial charge in [-0.3, -0.25) is 0 Å². The third kappa shape index (κ3) is 7.06. The van der Waals surface area contributed by atoms with E-state index in [-0.39, 0.29) is 24.6 Å². The average molecular weight is 845 g/mol. The fraction of sp³-hybridized carbons (Fsp3) is 0.543. The van der Waals surface area contributed by atoms with Crippen LogP contribution in [0.4, 0.5) is 0 Å². The fourth-order valence-corrected chi connectivity index (χ4v) is 20.0. The Morgan fingerprint density at radius 3 is 1.73 bits per heavy atom. The van der Waals surface area contributed by atoms with Gasteiger partial charge < -0.3 is 10.6 Å². The first-order valence-electron chi connectivity index (χ1n) is 20.1. The maximum absolute atomic E-state index is 7.35. The van der Waals surface area contributed by atoms with Crippen LogP contribution in [0.2, 0.25) is 10.0 Å². The number of halogens is 2. The number of rotatable bonds is 6. The fourth-order valence-electron chi connectivity index (χ4n) is 12.0. The van der Waals surface area contributed by atoms with Gasteiger partial charge >= 0.3 is 0 Å². The summed E-state index contributed by atoms with van der Waals surface area (Å²) >= 11 is 14.3. The summed E-state index contributed by atoms with van der Waals surface area (Å²) in [6, 6.07) is 16.3. The SMILES string of the molecule is Cc1cc(C)c(C2CCCC(c3c(C)cc(C)cc3C)(P(=Cc3cccc(Cl)c3Cl)(C3CCCCC3)C3CCCCC3)C2=C2NCCN2)c(C)c1.[Ru]. The zero-order chi connectivity index (χ0) is 35.9. The summed E-state index contributed by atoms with van der Waals surface area (Å²) in [4.78, 5) is 0. The molecule has 282 valence electrons. The molecule has 0 spiro atoms. The van der Waals surface area contributed by atoms with E-state index >= 15 is 0 Å². The summed E-state index contributed by atoms with van der Waals surface area (Å²) in [5.74, 6) is 4.56. The van der Waals surface area contributed by atoms with Crippen LogP contribution < -0.4 is 10.6 Å². The van der Waals surface area contributed by atoms with Gasteiger partial charge in [-0.15, -0.1) is 0 Å². The van der Waals surface area contributed by atoms with Crippen LogP contribution in [0.3, 0.4) is 0 Å². The Bertz CT molecular complexity index is 1790. The van der Waals surface area contributed by atoms with Crippen LogP contribution in [-0.4, -0.2) is 30.2 Å². The number of aryl methyl sites for hydroxylation is 6. The molecule has 3 aromatic rings. The second-order valence-corrected chi connectivity index (χ2v) is 21.7. The predicted octanol–water partition coefficient (Wildman–Crippen LogP) is 12.9. The molecule has 3 aromatic carbocycles. The molecular weight excluding hydrogens is 783 g/mol. The summed E-state index contributed by atoms with van der Waals surface area (Å²) < 4.78 is 0. The van der Waals surface area contributed by atoms with Crippen molar-refractivity contribution in [2.24, 2.45) is 0 Å². The van der Waals surface area contributed by atoms with Crippen LogP contribution in [0.25, 0.3) is 0 Å². The molecule has 1 saturated heterocycles. The number of allylic oxidation sites excluding steroid dienone is 1. The van der Waals surface area contributed by atoms with E-state index in [0.29, 0.717) is 22.3 Å². The van der Waals surface area contributed by atoms with Crippen LogP contribution in [0, 0.1) is 41.5 Å². The van der Waals surface area contributed by atoms with Gasteiger partial charge in [0.2, 0.25) is 0 Å². The van der Waals surface area contributed by atoms with E-state index in [9.17, 15) is 0 Å². The summed E-state index contributed by atoms with van der Waals surface area (Å²) in [6.07, 6.45) is 16.9. The molecule has 52 heavy (non-hydrogen) atoms. The summed E-state index contributed by atoms with van der Waals surface area (Å²) in [7, 11) is 0. The molecule has 2 N–H and O–H groups in total. The number of hydrogen-bond acceptors (Lipinski definition) is 2. The first-order chi connectivity index (χ1) is 24.6. The third-order valence-corrected chi connectivity index (χ3v) is 20.4. The number of nitrogens with one attached hydrogen (secondary N) is 2. The Labute approximate surface area is 338 Å². The van der Waals surface area contributed by atoms with Crippen molar-refractivity contribution in [1.29, 1.82) is 0 Å². The monoisotopic (exact) mass is 844 g/mol. The molecule has 6 heteroatoms. The first-order valence-corrected chi connectivity index (χ1v) is 22.9. The molecule has 4 fully saturated rings. The molecule has 0 radical (unpaired) electrons. The number of hydrogen-bond donors (Lipinski definition) is 2. The van der Waals surface area contributed by atoms with Crippen molar-refractivity contribution in [3.63, 3.8) is 0 Å². The predicted molar refractivity (Wildman–Crippen MR) is 225 cm³/mol. The van der Waals surface area contributed by atoms with Gasteiger partial charge in [0.25, 0.3) is 0 Å². The standard InChI is InChI=1S/C46H61Cl2N2P.Ru/c1-30-25-32(3)41(33(4)26-30)39-20-14-22-46(43(39)45-49-23-24-50-45,42-34(5)27-31(2)28-35(42)6)51(37-16-9-7-10-17-37,38-18-11-8-12-19-38)29-36-15-13-21-40(47)44(36)48;/h13,15,21,25-29,37-39,49-50H,7-12,14,16-20,22-24H2,1-6H3;. The van der Waals surface area contributed by atoms with Gasteiger partial charge in [0, 0.05) is 43.6 Å². The van der Waals surface area contributed by atoms with Crippen molar-refractivity contribution in [3.05, 3.63) is 114 Å². The van der Waals surface area contributed by atoms with Gasteiger partial charge in [0.05, 0.1) is 15.9 Å². The minimum Gasteiger partial charge on any atom is -0.370 e. The van der Waals surface area contributed by atoms with E-state index in [1.54, 1.807) is 16.7 Å². The normalized spacial score (nSPS) is 23.2. The van der Waals surface area contributed by atoms with Crippen molar-refractivity contribution in [1.82, 2.24) is 10.6 Å². The molecule has 0 aromatic heterocycles. The Morgan fingerprint density at radius 1 is 0.673 bits per heavy atom. The molecule has 2 atom stereocenters. The number of benzene rings is 3. The Morgan fingerprint density at radius 2 is 1.19 bits per heavy atom. The molecule has 0 amide bonds. The van der Waals surface area contributed by atoms with Crippen molar-refractivity contribution in [2.45, 2.75) is 147 Å². The molecule has 3 aliphatic carbocycles. The van der Waals surface area contributed by atoms with Crippen molar-refractivity contribution < 1.29 is 19.5 Å². The van der Waals surface area contributed by atoms with Gasteiger partial charge in [-0.05, 0) is 142 Å². The molecule has 2 nitrogen and oxygen atoms in total.